The third-order valence-electron chi connectivity index (χ3n) is 8.04. The Bertz CT molecular complexity index is 1780. The third-order valence-corrected chi connectivity index (χ3v) is 8.65. The SMILES string of the molecule is Cc1cc2ncc(=O)n(CC(=O)N(C)C(CN3CCCC3)c3ccc(-c4cccc(NS(C)(=O)=O)c4)cc3)c2cc1C. The average molecular weight is 588 g/mol. The second-order valence-electron chi connectivity index (χ2n) is 11.2. The Morgan fingerprint density at radius 3 is 2.38 bits per heavy atom. The first kappa shape index (κ1) is 29.5. The van der Waals surface area contributed by atoms with E-state index in [9.17, 15) is 18.0 Å². The molecule has 5 rings (SSSR count). The molecule has 1 N–H and O–H groups in total. The molecule has 0 radical (unpaired) electrons. The third kappa shape index (κ3) is 6.71. The van der Waals surface area contributed by atoms with Crippen LogP contribution in [-0.4, -0.2) is 66.6 Å². The number of likely N-dealkylation sites (tertiary alicyclic amines) is 1. The van der Waals surface area contributed by atoms with Crippen LogP contribution in [0.1, 0.15) is 35.6 Å². The number of sulfonamides is 1. The number of hydrogen-bond donors (Lipinski definition) is 1. The molecule has 1 saturated heterocycles. The van der Waals surface area contributed by atoms with Crippen LogP contribution in [0.5, 0.6) is 0 Å². The predicted molar refractivity (Wildman–Crippen MR) is 167 cm³/mol. The number of anilines is 1. The zero-order valence-corrected chi connectivity index (χ0v) is 25.3. The maximum Gasteiger partial charge on any atom is 0.269 e. The van der Waals surface area contributed by atoms with E-state index in [1.807, 2.05) is 62.4 Å². The Morgan fingerprint density at radius 1 is 1.00 bits per heavy atom. The van der Waals surface area contributed by atoms with Crippen molar-refractivity contribution in [2.45, 2.75) is 39.3 Å². The van der Waals surface area contributed by atoms with Crippen LogP contribution in [0.3, 0.4) is 0 Å². The monoisotopic (exact) mass is 587 g/mol. The second-order valence-corrected chi connectivity index (χ2v) is 13.0. The molecular formula is C32H37N5O4S. The first-order chi connectivity index (χ1) is 20.0. The number of amides is 1. The molecule has 0 aliphatic carbocycles. The summed E-state index contributed by atoms with van der Waals surface area (Å²) >= 11 is 0. The second kappa shape index (κ2) is 12.1. The number of hydrogen-bond acceptors (Lipinski definition) is 6. The summed E-state index contributed by atoms with van der Waals surface area (Å²) in [6, 6.07) is 19.0. The molecule has 0 saturated carbocycles. The van der Waals surface area contributed by atoms with Gasteiger partial charge in [0.15, 0.2) is 0 Å². The van der Waals surface area contributed by atoms with E-state index in [-0.39, 0.29) is 24.1 Å². The zero-order valence-electron chi connectivity index (χ0n) is 24.5. The van der Waals surface area contributed by atoms with Gasteiger partial charge in [0.05, 0.1) is 29.5 Å². The molecule has 1 atom stereocenters. The van der Waals surface area contributed by atoms with Gasteiger partial charge in [0, 0.05) is 19.3 Å². The van der Waals surface area contributed by atoms with Crippen LogP contribution in [0, 0.1) is 13.8 Å². The Balaban J connectivity index is 1.42. The summed E-state index contributed by atoms with van der Waals surface area (Å²) in [5.41, 5.74) is 6.46. The number of benzene rings is 3. The highest BCUT2D eigenvalue weighted by atomic mass is 32.2. The van der Waals surface area contributed by atoms with Crippen molar-refractivity contribution < 1.29 is 13.2 Å². The van der Waals surface area contributed by atoms with Crippen LogP contribution in [0.25, 0.3) is 22.2 Å². The van der Waals surface area contributed by atoms with E-state index in [0.717, 1.165) is 60.0 Å². The number of nitrogens with zero attached hydrogens (tertiary/aromatic N) is 4. The molecule has 2 heterocycles. The van der Waals surface area contributed by atoms with Gasteiger partial charge in [-0.25, -0.2) is 13.4 Å². The fourth-order valence-corrected chi connectivity index (χ4v) is 6.09. The van der Waals surface area contributed by atoms with Crippen LogP contribution in [0.15, 0.2) is 71.7 Å². The Morgan fingerprint density at radius 2 is 1.69 bits per heavy atom. The summed E-state index contributed by atoms with van der Waals surface area (Å²) in [5.74, 6) is -0.157. The molecule has 1 fully saturated rings. The number of carbonyl (C=O) groups excluding carboxylic acids is 1. The van der Waals surface area contributed by atoms with Crippen molar-refractivity contribution in [3.8, 4) is 11.1 Å². The van der Waals surface area contributed by atoms with Crippen molar-refractivity contribution in [2.75, 3.05) is 37.7 Å². The first-order valence-corrected chi connectivity index (χ1v) is 16.0. The van der Waals surface area contributed by atoms with Crippen molar-refractivity contribution >= 4 is 32.7 Å². The minimum Gasteiger partial charge on any atom is -0.336 e. The van der Waals surface area contributed by atoms with Crippen molar-refractivity contribution in [3.63, 3.8) is 0 Å². The van der Waals surface area contributed by atoms with Crippen LogP contribution in [0.4, 0.5) is 5.69 Å². The van der Waals surface area contributed by atoms with Crippen molar-refractivity contribution in [1.82, 2.24) is 19.4 Å². The van der Waals surface area contributed by atoms with Gasteiger partial charge in [-0.2, -0.15) is 0 Å². The van der Waals surface area contributed by atoms with E-state index >= 15 is 0 Å². The summed E-state index contributed by atoms with van der Waals surface area (Å²) in [6.07, 6.45) is 4.68. The van der Waals surface area contributed by atoms with Crippen molar-refractivity contribution in [3.05, 3.63) is 93.9 Å². The highest BCUT2D eigenvalue weighted by Crippen LogP contribution is 2.28. The lowest BCUT2D eigenvalue weighted by Gasteiger charge is -2.32. The largest absolute Gasteiger partial charge is 0.336 e. The lowest BCUT2D eigenvalue weighted by atomic mass is 9.99. The number of fused-ring (bicyclic) bond motifs is 1. The maximum atomic E-state index is 13.8. The van der Waals surface area contributed by atoms with Gasteiger partial charge in [-0.15, -0.1) is 0 Å². The predicted octanol–water partition coefficient (Wildman–Crippen LogP) is 4.35. The van der Waals surface area contributed by atoms with E-state index in [1.165, 1.54) is 10.8 Å². The molecular weight excluding hydrogens is 550 g/mol. The first-order valence-electron chi connectivity index (χ1n) is 14.1. The van der Waals surface area contributed by atoms with Gasteiger partial charge >= 0.3 is 0 Å². The Kier molecular flexibility index (Phi) is 8.47. The van der Waals surface area contributed by atoms with Crippen LogP contribution in [0.2, 0.25) is 0 Å². The van der Waals surface area contributed by atoms with E-state index in [1.54, 1.807) is 24.1 Å². The molecule has 3 aromatic carbocycles. The fourth-order valence-electron chi connectivity index (χ4n) is 5.54. The Labute approximate surface area is 246 Å². The van der Waals surface area contributed by atoms with Gasteiger partial charge in [-0.3, -0.25) is 18.9 Å². The van der Waals surface area contributed by atoms with Crippen molar-refractivity contribution in [2.24, 2.45) is 0 Å². The molecule has 42 heavy (non-hydrogen) atoms. The standard InChI is InChI=1S/C32H37N5O4S/c1-22-16-28-29(17-23(22)2)37(31(38)19-33-28)21-32(39)35(3)30(20-36-14-5-6-15-36)25-12-10-24(11-13-25)26-8-7-9-27(18-26)34-42(4,40)41/h7-13,16-19,30,34H,5-6,14-15,20-21H2,1-4H3. The van der Waals surface area contributed by atoms with Gasteiger partial charge in [0.25, 0.3) is 5.56 Å². The van der Waals surface area contributed by atoms with Crippen LogP contribution >= 0.6 is 0 Å². The molecule has 9 nitrogen and oxygen atoms in total. The summed E-state index contributed by atoms with van der Waals surface area (Å²) < 4.78 is 27.4. The minimum absolute atomic E-state index is 0.0778. The molecule has 220 valence electrons. The maximum absolute atomic E-state index is 13.8. The number of carbonyl (C=O) groups is 1. The van der Waals surface area contributed by atoms with Gasteiger partial charge in [0.2, 0.25) is 15.9 Å². The van der Waals surface area contributed by atoms with E-state index in [4.69, 9.17) is 0 Å². The van der Waals surface area contributed by atoms with E-state index < -0.39 is 10.0 Å². The molecule has 1 amide bonds. The molecule has 1 aromatic heterocycles. The lowest BCUT2D eigenvalue weighted by Crippen LogP contribution is -2.41. The summed E-state index contributed by atoms with van der Waals surface area (Å²) in [5, 5.41) is 0. The number of aryl methyl sites for hydroxylation is 2. The van der Waals surface area contributed by atoms with E-state index in [0.29, 0.717) is 23.3 Å². The van der Waals surface area contributed by atoms with Gasteiger partial charge < -0.3 is 9.80 Å². The zero-order chi connectivity index (χ0) is 30.0. The van der Waals surface area contributed by atoms with Gasteiger partial charge in [0.1, 0.15) is 6.54 Å². The van der Waals surface area contributed by atoms with E-state index in [2.05, 4.69) is 14.6 Å². The highest BCUT2D eigenvalue weighted by Gasteiger charge is 2.26. The number of rotatable bonds is 9. The topological polar surface area (TPSA) is 105 Å². The normalized spacial score (nSPS) is 14.7. The molecule has 10 heteroatoms. The minimum atomic E-state index is -3.38. The Hall–Kier alpha value is -4.02. The highest BCUT2D eigenvalue weighted by molar-refractivity contribution is 7.92. The average Bonchev–Trinajstić information content (AvgIpc) is 3.47. The molecule has 1 unspecified atom stereocenters. The summed E-state index contributed by atoms with van der Waals surface area (Å²) in [4.78, 5) is 35.1. The molecule has 4 aromatic rings. The van der Waals surface area contributed by atoms with Gasteiger partial charge in [-0.05, 0) is 91.9 Å². The number of nitrogens with one attached hydrogen (secondary N) is 1. The smallest absolute Gasteiger partial charge is 0.269 e. The number of likely N-dealkylation sites (N-methyl/N-ethyl adjacent to an activating group) is 1. The van der Waals surface area contributed by atoms with Crippen molar-refractivity contribution in [1.29, 1.82) is 0 Å². The number of aromatic nitrogens is 2. The fraction of sp³-hybridized carbons (Fsp3) is 0.344. The summed E-state index contributed by atoms with van der Waals surface area (Å²) in [7, 11) is -1.58. The molecule has 1 aliphatic rings. The molecule has 0 bridgehead atoms. The lowest BCUT2D eigenvalue weighted by molar-refractivity contribution is -0.133. The molecule has 0 spiro atoms. The van der Waals surface area contributed by atoms with Crippen LogP contribution in [-0.2, 0) is 21.4 Å². The van der Waals surface area contributed by atoms with Crippen LogP contribution < -0.4 is 10.3 Å². The molecule has 1 aliphatic heterocycles. The van der Waals surface area contributed by atoms with Gasteiger partial charge in [-0.1, -0.05) is 36.4 Å². The quantitative estimate of drug-likeness (QED) is 0.312. The summed E-state index contributed by atoms with van der Waals surface area (Å²) in [6.45, 7) is 6.58.